The van der Waals surface area contributed by atoms with E-state index in [1.54, 1.807) is 11.6 Å². The summed E-state index contributed by atoms with van der Waals surface area (Å²) in [5.41, 5.74) is 0.865. The predicted molar refractivity (Wildman–Crippen MR) is 68.8 cm³/mol. The first-order chi connectivity index (χ1) is 8.59. The second-order valence-corrected chi connectivity index (χ2v) is 7.26. The van der Waals surface area contributed by atoms with Gasteiger partial charge in [0.05, 0.1) is 18.0 Å². The molecule has 0 radical (unpaired) electrons. The van der Waals surface area contributed by atoms with Gasteiger partial charge in [-0.3, -0.25) is 4.68 Å². The lowest BCUT2D eigenvalue weighted by Crippen LogP contribution is -2.16. The quantitative estimate of drug-likeness (QED) is 0.732. The fraction of sp³-hybridized carbons (Fsp3) is 0.818. The van der Waals surface area contributed by atoms with Crippen LogP contribution in [0.2, 0.25) is 0 Å². The maximum atomic E-state index is 11.4. The van der Waals surface area contributed by atoms with Crippen molar-refractivity contribution in [2.45, 2.75) is 32.9 Å². The predicted octanol–water partition coefficient (Wildman–Crippen LogP) is 0.212. The molecule has 7 heteroatoms. The van der Waals surface area contributed by atoms with Crippen molar-refractivity contribution < 1.29 is 8.42 Å². The SMILES string of the molecule is CCS(=O)(=O)CCn1cc(CNCC2CC2)nn1. The highest BCUT2D eigenvalue weighted by Gasteiger charge is 2.20. The number of rotatable bonds is 8. The summed E-state index contributed by atoms with van der Waals surface area (Å²) >= 11 is 0. The Morgan fingerprint density at radius 1 is 1.50 bits per heavy atom. The fourth-order valence-corrected chi connectivity index (χ4v) is 2.39. The number of sulfone groups is 1. The van der Waals surface area contributed by atoms with E-state index >= 15 is 0 Å². The van der Waals surface area contributed by atoms with Gasteiger partial charge in [-0.1, -0.05) is 12.1 Å². The molecule has 0 aliphatic heterocycles. The van der Waals surface area contributed by atoms with E-state index in [-0.39, 0.29) is 11.5 Å². The van der Waals surface area contributed by atoms with Gasteiger partial charge in [0, 0.05) is 18.5 Å². The van der Waals surface area contributed by atoms with E-state index in [0.29, 0.717) is 13.1 Å². The molecule has 1 aromatic heterocycles. The van der Waals surface area contributed by atoms with Crippen molar-refractivity contribution in [3.8, 4) is 0 Å². The van der Waals surface area contributed by atoms with Gasteiger partial charge in [0.1, 0.15) is 0 Å². The number of aryl methyl sites for hydroxylation is 1. The van der Waals surface area contributed by atoms with E-state index in [1.165, 1.54) is 12.8 Å². The molecule has 1 heterocycles. The van der Waals surface area contributed by atoms with E-state index < -0.39 is 9.84 Å². The zero-order chi connectivity index (χ0) is 13.0. The smallest absolute Gasteiger partial charge is 0.151 e. The largest absolute Gasteiger partial charge is 0.311 e. The molecule has 0 aromatic carbocycles. The highest BCUT2D eigenvalue weighted by atomic mass is 32.2. The lowest BCUT2D eigenvalue weighted by atomic mass is 10.4. The summed E-state index contributed by atoms with van der Waals surface area (Å²) in [6, 6.07) is 0. The van der Waals surface area contributed by atoms with Crippen LogP contribution in [0.3, 0.4) is 0 Å². The molecule has 0 saturated heterocycles. The first-order valence-corrected chi connectivity index (χ1v) is 8.21. The average molecular weight is 272 g/mol. The van der Waals surface area contributed by atoms with Gasteiger partial charge in [-0.05, 0) is 25.3 Å². The number of aromatic nitrogens is 3. The number of hydrogen-bond acceptors (Lipinski definition) is 5. The van der Waals surface area contributed by atoms with Crippen LogP contribution < -0.4 is 5.32 Å². The molecule has 0 amide bonds. The molecule has 1 aliphatic rings. The third-order valence-corrected chi connectivity index (χ3v) is 4.78. The van der Waals surface area contributed by atoms with E-state index in [0.717, 1.165) is 18.2 Å². The van der Waals surface area contributed by atoms with Crippen molar-refractivity contribution in [2.24, 2.45) is 5.92 Å². The highest BCUT2D eigenvalue weighted by Crippen LogP contribution is 2.27. The Kier molecular flexibility index (Phi) is 4.34. The van der Waals surface area contributed by atoms with E-state index in [9.17, 15) is 8.42 Å². The number of nitrogens with one attached hydrogen (secondary N) is 1. The minimum Gasteiger partial charge on any atom is -0.311 e. The highest BCUT2D eigenvalue weighted by molar-refractivity contribution is 7.91. The molecule has 0 atom stereocenters. The molecule has 102 valence electrons. The maximum absolute atomic E-state index is 11.4. The minimum absolute atomic E-state index is 0.127. The van der Waals surface area contributed by atoms with E-state index in [2.05, 4.69) is 15.6 Å². The molecule has 1 saturated carbocycles. The summed E-state index contributed by atoms with van der Waals surface area (Å²) in [4.78, 5) is 0. The minimum atomic E-state index is -2.93. The maximum Gasteiger partial charge on any atom is 0.151 e. The van der Waals surface area contributed by atoms with Crippen molar-refractivity contribution in [2.75, 3.05) is 18.1 Å². The first-order valence-electron chi connectivity index (χ1n) is 6.39. The van der Waals surface area contributed by atoms with Crippen LogP contribution in [0.25, 0.3) is 0 Å². The number of hydrogen-bond donors (Lipinski definition) is 1. The van der Waals surface area contributed by atoms with Gasteiger partial charge in [-0.15, -0.1) is 5.10 Å². The van der Waals surface area contributed by atoms with Gasteiger partial charge >= 0.3 is 0 Å². The standard InChI is InChI=1S/C11H20N4O2S/c1-2-18(16,17)6-5-15-9-11(13-14-15)8-12-7-10-3-4-10/h9-10,12H,2-8H2,1H3. The first kappa shape index (κ1) is 13.5. The summed E-state index contributed by atoms with van der Waals surface area (Å²) in [5.74, 6) is 1.15. The normalized spacial score (nSPS) is 16.1. The van der Waals surface area contributed by atoms with Crippen molar-refractivity contribution in [3.63, 3.8) is 0 Å². The van der Waals surface area contributed by atoms with Gasteiger partial charge in [0.15, 0.2) is 9.84 Å². The van der Waals surface area contributed by atoms with Crippen LogP contribution >= 0.6 is 0 Å². The van der Waals surface area contributed by atoms with Crippen LogP contribution in [-0.2, 0) is 22.9 Å². The van der Waals surface area contributed by atoms with Gasteiger partial charge in [0.2, 0.25) is 0 Å². The fourth-order valence-electron chi connectivity index (χ4n) is 1.63. The molecule has 2 rings (SSSR count). The second-order valence-electron chi connectivity index (χ2n) is 4.78. The molecule has 1 N–H and O–H groups in total. The van der Waals surface area contributed by atoms with Crippen molar-refractivity contribution in [3.05, 3.63) is 11.9 Å². The Hall–Kier alpha value is -0.950. The van der Waals surface area contributed by atoms with Gasteiger partial charge in [0.25, 0.3) is 0 Å². The monoisotopic (exact) mass is 272 g/mol. The Labute approximate surface area is 108 Å². The van der Waals surface area contributed by atoms with Gasteiger partial charge < -0.3 is 5.32 Å². The van der Waals surface area contributed by atoms with Crippen LogP contribution in [0.15, 0.2) is 6.20 Å². The van der Waals surface area contributed by atoms with Crippen molar-refractivity contribution in [1.29, 1.82) is 0 Å². The van der Waals surface area contributed by atoms with Crippen LogP contribution in [0.1, 0.15) is 25.5 Å². The molecule has 1 aromatic rings. The lowest BCUT2D eigenvalue weighted by Gasteiger charge is -2.00. The molecule has 18 heavy (non-hydrogen) atoms. The summed E-state index contributed by atoms with van der Waals surface area (Å²) in [6.07, 6.45) is 4.47. The topological polar surface area (TPSA) is 76.9 Å². The summed E-state index contributed by atoms with van der Waals surface area (Å²) in [6.45, 7) is 3.78. The summed E-state index contributed by atoms with van der Waals surface area (Å²) < 4.78 is 24.3. The third kappa shape index (κ3) is 4.38. The third-order valence-electron chi connectivity index (χ3n) is 3.09. The van der Waals surface area contributed by atoms with E-state index in [4.69, 9.17) is 0 Å². The van der Waals surface area contributed by atoms with E-state index in [1.807, 2.05) is 6.20 Å². The Bertz CT molecular complexity index is 479. The second kappa shape index (κ2) is 5.79. The zero-order valence-corrected chi connectivity index (χ0v) is 11.5. The van der Waals surface area contributed by atoms with Crippen molar-refractivity contribution >= 4 is 9.84 Å². The summed E-state index contributed by atoms with van der Waals surface area (Å²) in [5, 5.41) is 11.3. The average Bonchev–Trinajstić information content (AvgIpc) is 3.05. The molecule has 1 aliphatic carbocycles. The Morgan fingerprint density at radius 2 is 2.28 bits per heavy atom. The Balaban J connectivity index is 1.74. The molecular weight excluding hydrogens is 252 g/mol. The zero-order valence-electron chi connectivity index (χ0n) is 10.7. The summed E-state index contributed by atoms with van der Waals surface area (Å²) in [7, 11) is -2.93. The molecule has 0 unspecified atom stereocenters. The molecule has 1 fully saturated rings. The molecular formula is C11H20N4O2S. The van der Waals surface area contributed by atoms with Crippen molar-refractivity contribution in [1.82, 2.24) is 20.3 Å². The molecule has 0 bridgehead atoms. The van der Waals surface area contributed by atoms with Crippen LogP contribution in [-0.4, -0.2) is 41.5 Å². The van der Waals surface area contributed by atoms with Gasteiger partial charge in [-0.2, -0.15) is 0 Å². The molecule has 6 nitrogen and oxygen atoms in total. The van der Waals surface area contributed by atoms with Gasteiger partial charge in [-0.25, -0.2) is 8.42 Å². The Morgan fingerprint density at radius 3 is 2.94 bits per heavy atom. The van der Waals surface area contributed by atoms with Crippen LogP contribution in [0.4, 0.5) is 0 Å². The van der Waals surface area contributed by atoms with Crippen LogP contribution in [0.5, 0.6) is 0 Å². The number of nitrogens with zero attached hydrogens (tertiary/aromatic N) is 3. The lowest BCUT2D eigenvalue weighted by molar-refractivity contribution is 0.576. The molecule has 0 spiro atoms. The van der Waals surface area contributed by atoms with Crippen LogP contribution in [0, 0.1) is 5.92 Å².